The summed E-state index contributed by atoms with van der Waals surface area (Å²) < 4.78 is 13.1. The summed E-state index contributed by atoms with van der Waals surface area (Å²) in [4.78, 5) is 26.9. The lowest BCUT2D eigenvalue weighted by molar-refractivity contribution is -0.117. The number of carboxylic acid groups (broad SMARTS) is 1. The summed E-state index contributed by atoms with van der Waals surface area (Å²) in [5.74, 6) is -1.66. The summed E-state index contributed by atoms with van der Waals surface area (Å²) in [5, 5.41) is 9.60. The van der Waals surface area contributed by atoms with Crippen molar-refractivity contribution in [3.05, 3.63) is 76.9 Å². The molecule has 0 saturated heterocycles. The molecule has 0 aliphatic heterocycles. The lowest BCUT2D eigenvalue weighted by atomic mass is 10.1. The van der Waals surface area contributed by atoms with E-state index >= 15 is 0 Å². The molecule has 0 unspecified atom stereocenters. The lowest BCUT2D eigenvalue weighted by Gasteiger charge is -2.20. The highest BCUT2D eigenvalue weighted by molar-refractivity contribution is 7.18. The molecule has 138 valence electrons. The molecule has 3 aromatic rings. The van der Waals surface area contributed by atoms with Gasteiger partial charge < -0.3 is 10.0 Å². The van der Waals surface area contributed by atoms with Crippen LogP contribution in [0.5, 0.6) is 0 Å². The van der Waals surface area contributed by atoms with Gasteiger partial charge in [-0.25, -0.2) is 9.18 Å². The van der Waals surface area contributed by atoms with E-state index in [4.69, 9.17) is 0 Å². The third-order valence-electron chi connectivity index (χ3n) is 4.14. The predicted octanol–water partition coefficient (Wildman–Crippen LogP) is 4.85. The molecule has 0 spiro atoms. The van der Waals surface area contributed by atoms with Gasteiger partial charge in [0, 0.05) is 11.4 Å². The van der Waals surface area contributed by atoms with Crippen molar-refractivity contribution in [2.24, 2.45) is 0 Å². The predicted molar refractivity (Wildman–Crippen MR) is 105 cm³/mol. The fraction of sp³-hybridized carbons (Fsp3) is 0.143. The molecule has 2 aromatic carbocycles. The van der Waals surface area contributed by atoms with Crippen molar-refractivity contribution < 1.29 is 19.1 Å². The van der Waals surface area contributed by atoms with Crippen molar-refractivity contribution in [2.75, 3.05) is 11.4 Å². The van der Waals surface area contributed by atoms with E-state index in [1.165, 1.54) is 17.0 Å². The van der Waals surface area contributed by atoms with Gasteiger partial charge >= 0.3 is 5.97 Å². The van der Waals surface area contributed by atoms with Gasteiger partial charge in [0.15, 0.2) is 0 Å². The van der Waals surface area contributed by atoms with Crippen molar-refractivity contribution in [3.63, 3.8) is 0 Å². The molecule has 0 saturated carbocycles. The Kier molecular flexibility index (Phi) is 5.66. The van der Waals surface area contributed by atoms with Gasteiger partial charge in [-0.15, -0.1) is 11.3 Å². The number of hydrogen-bond acceptors (Lipinski definition) is 3. The summed E-state index contributed by atoms with van der Waals surface area (Å²) in [6.45, 7) is 2.14. The Morgan fingerprint density at radius 1 is 1.07 bits per heavy atom. The number of halogens is 1. The maximum atomic E-state index is 13.1. The van der Waals surface area contributed by atoms with Gasteiger partial charge in [0.1, 0.15) is 10.7 Å². The van der Waals surface area contributed by atoms with Crippen LogP contribution in [0.4, 0.5) is 10.1 Å². The van der Waals surface area contributed by atoms with E-state index in [1.54, 1.807) is 25.1 Å². The summed E-state index contributed by atoms with van der Waals surface area (Å²) in [6.07, 6.45) is 0.0731. The van der Waals surface area contributed by atoms with Crippen LogP contribution >= 0.6 is 11.3 Å². The minimum absolute atomic E-state index is 0.0731. The van der Waals surface area contributed by atoms with E-state index in [-0.39, 0.29) is 23.0 Å². The van der Waals surface area contributed by atoms with Gasteiger partial charge in [-0.1, -0.05) is 42.5 Å². The summed E-state index contributed by atoms with van der Waals surface area (Å²) in [5.41, 5.74) is 1.97. The second kappa shape index (κ2) is 8.14. The number of carbonyl (C=O) groups excluding carboxylic acids is 1. The first-order valence-corrected chi connectivity index (χ1v) is 9.28. The molecule has 1 aromatic heterocycles. The third-order valence-corrected chi connectivity index (χ3v) is 5.30. The van der Waals surface area contributed by atoms with E-state index in [1.807, 2.05) is 30.3 Å². The maximum Gasteiger partial charge on any atom is 0.348 e. The molecule has 0 radical (unpaired) electrons. The highest BCUT2D eigenvalue weighted by Gasteiger charge is 2.24. The van der Waals surface area contributed by atoms with Gasteiger partial charge in [0.2, 0.25) is 5.91 Å². The summed E-state index contributed by atoms with van der Waals surface area (Å²) >= 11 is 1.15. The van der Waals surface area contributed by atoms with Crippen LogP contribution in [0.3, 0.4) is 0 Å². The van der Waals surface area contributed by atoms with E-state index in [9.17, 15) is 19.1 Å². The van der Waals surface area contributed by atoms with E-state index in [0.717, 1.165) is 21.8 Å². The van der Waals surface area contributed by atoms with Crippen LogP contribution in [0.25, 0.3) is 10.4 Å². The zero-order valence-electron chi connectivity index (χ0n) is 14.7. The molecule has 1 amide bonds. The fourth-order valence-corrected chi connectivity index (χ4v) is 3.84. The molecule has 0 bridgehead atoms. The van der Waals surface area contributed by atoms with Crippen LogP contribution in [0.2, 0.25) is 0 Å². The third kappa shape index (κ3) is 4.23. The quantitative estimate of drug-likeness (QED) is 0.662. The molecule has 0 aliphatic rings. The number of benzene rings is 2. The smallest absolute Gasteiger partial charge is 0.348 e. The van der Waals surface area contributed by atoms with Crippen LogP contribution in [-0.4, -0.2) is 23.5 Å². The maximum absolute atomic E-state index is 13.1. The number of thiophene rings is 1. The molecular weight excluding hydrogens is 365 g/mol. The SMILES string of the molecule is CCN(C(=O)Cc1ccc(F)cc1)c1cc(-c2ccccc2)sc1C(=O)O. The van der Waals surface area contributed by atoms with Crippen LogP contribution in [-0.2, 0) is 11.2 Å². The first kappa shape index (κ1) is 18.8. The topological polar surface area (TPSA) is 57.6 Å². The Bertz CT molecular complexity index is 951. The monoisotopic (exact) mass is 383 g/mol. The van der Waals surface area contributed by atoms with Crippen LogP contribution in [0.15, 0.2) is 60.7 Å². The lowest BCUT2D eigenvalue weighted by Crippen LogP contribution is -2.32. The number of aromatic carboxylic acids is 1. The highest BCUT2D eigenvalue weighted by atomic mass is 32.1. The number of carboxylic acids is 1. The molecule has 3 rings (SSSR count). The average Bonchev–Trinajstić information content (AvgIpc) is 3.10. The Morgan fingerprint density at radius 3 is 2.33 bits per heavy atom. The van der Waals surface area contributed by atoms with Gasteiger partial charge in [-0.05, 0) is 36.2 Å². The number of likely N-dealkylation sites (N-methyl/N-ethyl adjacent to an activating group) is 1. The van der Waals surface area contributed by atoms with Crippen molar-refractivity contribution >= 4 is 28.9 Å². The first-order valence-electron chi connectivity index (χ1n) is 8.47. The standard InChI is InChI=1S/C21H18FNO3S/c1-2-23(19(24)12-14-8-10-16(22)11-9-14)17-13-18(27-20(17)21(25)26)15-6-4-3-5-7-15/h3-11,13H,2,12H2,1H3,(H,25,26). The number of rotatable bonds is 6. The number of amides is 1. The van der Waals surface area contributed by atoms with E-state index in [0.29, 0.717) is 17.8 Å². The minimum Gasteiger partial charge on any atom is -0.477 e. The molecule has 0 aliphatic carbocycles. The molecular formula is C21H18FNO3S. The zero-order valence-corrected chi connectivity index (χ0v) is 15.5. The van der Waals surface area contributed by atoms with Gasteiger partial charge in [0.25, 0.3) is 0 Å². The van der Waals surface area contributed by atoms with Crippen molar-refractivity contribution in [3.8, 4) is 10.4 Å². The minimum atomic E-state index is -1.06. The first-order chi connectivity index (χ1) is 13.0. The van der Waals surface area contributed by atoms with E-state index in [2.05, 4.69) is 0 Å². The molecule has 4 nitrogen and oxygen atoms in total. The molecule has 1 N–H and O–H groups in total. The fourth-order valence-electron chi connectivity index (χ4n) is 2.83. The molecule has 6 heteroatoms. The second-order valence-electron chi connectivity index (χ2n) is 5.94. The van der Waals surface area contributed by atoms with E-state index < -0.39 is 5.97 Å². The van der Waals surface area contributed by atoms with Crippen molar-refractivity contribution in [2.45, 2.75) is 13.3 Å². The Balaban J connectivity index is 1.93. The zero-order chi connectivity index (χ0) is 19.4. The summed E-state index contributed by atoms with van der Waals surface area (Å²) in [7, 11) is 0. The van der Waals surface area contributed by atoms with Gasteiger partial charge in [0.05, 0.1) is 12.1 Å². The number of nitrogens with zero attached hydrogens (tertiary/aromatic N) is 1. The highest BCUT2D eigenvalue weighted by Crippen LogP contribution is 2.37. The molecule has 1 heterocycles. The number of hydrogen-bond donors (Lipinski definition) is 1. The summed E-state index contributed by atoms with van der Waals surface area (Å²) in [6, 6.07) is 16.9. The Hall–Kier alpha value is -2.99. The number of anilines is 1. The number of carbonyl (C=O) groups is 2. The molecule has 0 fully saturated rings. The Labute approximate surface area is 160 Å². The second-order valence-corrected chi connectivity index (χ2v) is 6.99. The Morgan fingerprint density at radius 2 is 1.74 bits per heavy atom. The largest absolute Gasteiger partial charge is 0.477 e. The molecule has 0 atom stereocenters. The van der Waals surface area contributed by atoms with Crippen molar-refractivity contribution in [1.82, 2.24) is 0 Å². The van der Waals surface area contributed by atoms with Gasteiger partial charge in [-0.3, -0.25) is 4.79 Å². The van der Waals surface area contributed by atoms with Crippen LogP contribution in [0.1, 0.15) is 22.2 Å². The average molecular weight is 383 g/mol. The van der Waals surface area contributed by atoms with Crippen LogP contribution in [0, 0.1) is 5.82 Å². The molecule has 27 heavy (non-hydrogen) atoms. The van der Waals surface area contributed by atoms with Crippen molar-refractivity contribution in [1.29, 1.82) is 0 Å². The van der Waals surface area contributed by atoms with Crippen LogP contribution < -0.4 is 4.90 Å². The van der Waals surface area contributed by atoms with Gasteiger partial charge in [-0.2, -0.15) is 0 Å². The normalized spacial score (nSPS) is 10.6.